The minimum absolute atomic E-state index is 0.179. The standard InChI is InChI=1S/C23H26Cl2N2O3S/c1-23(2,3)13-6-7-15-17(10-13)31-22(19(15)21(26)29)27-18(28)8-5-12-9-14(24)11-16(25)20(12)30-4/h5,8-9,11,13H,6-7,10H2,1-4H3,(H2,26,29)(H,27,28). The molecule has 2 aromatic rings. The van der Waals surface area contributed by atoms with Crippen LogP contribution >= 0.6 is 34.5 Å². The van der Waals surface area contributed by atoms with E-state index in [1.807, 2.05) is 0 Å². The molecule has 0 bridgehead atoms. The van der Waals surface area contributed by atoms with Gasteiger partial charge in [-0.05, 0) is 54.4 Å². The molecule has 0 aliphatic heterocycles. The Bertz CT molecular complexity index is 1050. The quantitative estimate of drug-likeness (QED) is 0.517. The summed E-state index contributed by atoms with van der Waals surface area (Å²) in [4.78, 5) is 25.9. The Morgan fingerprint density at radius 2 is 2.00 bits per heavy atom. The Morgan fingerprint density at radius 3 is 2.61 bits per heavy atom. The van der Waals surface area contributed by atoms with Crippen molar-refractivity contribution in [2.45, 2.75) is 40.0 Å². The Balaban J connectivity index is 1.85. The number of rotatable bonds is 5. The van der Waals surface area contributed by atoms with Crippen LogP contribution in [0.1, 0.15) is 53.6 Å². The molecule has 1 heterocycles. The molecule has 1 aromatic heterocycles. The highest BCUT2D eigenvalue weighted by Crippen LogP contribution is 2.44. The molecule has 166 valence electrons. The van der Waals surface area contributed by atoms with Crippen molar-refractivity contribution in [3.05, 3.63) is 49.8 Å². The summed E-state index contributed by atoms with van der Waals surface area (Å²) in [5.41, 5.74) is 7.82. The van der Waals surface area contributed by atoms with Gasteiger partial charge in [-0.2, -0.15) is 0 Å². The minimum atomic E-state index is -0.519. The predicted octanol–water partition coefficient (Wildman–Crippen LogP) is 5.97. The van der Waals surface area contributed by atoms with Gasteiger partial charge >= 0.3 is 0 Å². The van der Waals surface area contributed by atoms with Crippen LogP contribution in [0.15, 0.2) is 18.2 Å². The number of nitrogens with two attached hydrogens (primary N) is 1. The average Bonchev–Trinajstić information content (AvgIpc) is 3.02. The number of anilines is 1. The fourth-order valence-corrected chi connectivity index (χ4v) is 5.83. The first-order chi connectivity index (χ1) is 14.5. The average molecular weight is 481 g/mol. The maximum absolute atomic E-state index is 12.6. The number of hydrogen-bond donors (Lipinski definition) is 2. The molecule has 1 atom stereocenters. The van der Waals surface area contributed by atoms with Crippen LogP contribution in [-0.2, 0) is 17.6 Å². The molecular weight excluding hydrogens is 455 g/mol. The molecule has 0 saturated heterocycles. The third kappa shape index (κ3) is 5.25. The molecular formula is C23H26Cl2N2O3S. The van der Waals surface area contributed by atoms with Gasteiger partial charge in [0.15, 0.2) is 0 Å². The summed E-state index contributed by atoms with van der Waals surface area (Å²) < 4.78 is 5.29. The molecule has 8 heteroatoms. The number of fused-ring (bicyclic) bond motifs is 1. The number of amides is 2. The lowest BCUT2D eigenvalue weighted by atomic mass is 9.72. The number of methoxy groups -OCH3 is 1. The van der Waals surface area contributed by atoms with Gasteiger partial charge in [-0.3, -0.25) is 9.59 Å². The molecule has 5 nitrogen and oxygen atoms in total. The topological polar surface area (TPSA) is 81.4 Å². The fourth-order valence-electron chi connectivity index (χ4n) is 3.91. The van der Waals surface area contributed by atoms with Gasteiger partial charge in [0.25, 0.3) is 5.91 Å². The van der Waals surface area contributed by atoms with Crippen molar-refractivity contribution in [3.63, 3.8) is 0 Å². The minimum Gasteiger partial charge on any atom is -0.495 e. The number of nitrogens with one attached hydrogen (secondary N) is 1. The van der Waals surface area contributed by atoms with E-state index in [0.29, 0.717) is 37.8 Å². The molecule has 0 saturated carbocycles. The van der Waals surface area contributed by atoms with Gasteiger partial charge in [-0.1, -0.05) is 44.0 Å². The molecule has 1 aliphatic rings. The van der Waals surface area contributed by atoms with E-state index < -0.39 is 5.91 Å². The lowest BCUT2D eigenvalue weighted by molar-refractivity contribution is -0.111. The van der Waals surface area contributed by atoms with E-state index in [4.69, 9.17) is 33.7 Å². The molecule has 3 N–H and O–H groups in total. The Hall–Kier alpha value is -2.02. The molecule has 3 rings (SSSR count). The Labute approximate surface area is 196 Å². The zero-order valence-electron chi connectivity index (χ0n) is 18.0. The molecule has 31 heavy (non-hydrogen) atoms. The van der Waals surface area contributed by atoms with Gasteiger partial charge in [0.2, 0.25) is 5.91 Å². The first kappa shape index (κ1) is 23.6. The number of benzene rings is 1. The van der Waals surface area contributed by atoms with Crippen molar-refractivity contribution in [2.75, 3.05) is 12.4 Å². The second kappa shape index (κ2) is 9.23. The number of thiophene rings is 1. The largest absolute Gasteiger partial charge is 0.495 e. The Kier molecular flexibility index (Phi) is 7.04. The van der Waals surface area contributed by atoms with Crippen molar-refractivity contribution < 1.29 is 14.3 Å². The van der Waals surface area contributed by atoms with Gasteiger partial charge in [-0.25, -0.2) is 0 Å². The first-order valence-electron chi connectivity index (χ1n) is 9.97. The van der Waals surface area contributed by atoms with Crippen LogP contribution in [0.3, 0.4) is 0 Å². The van der Waals surface area contributed by atoms with Gasteiger partial charge in [0.1, 0.15) is 10.8 Å². The van der Waals surface area contributed by atoms with Crippen LogP contribution < -0.4 is 15.8 Å². The maximum Gasteiger partial charge on any atom is 0.251 e. The van der Waals surface area contributed by atoms with Crippen molar-refractivity contribution in [1.29, 1.82) is 0 Å². The number of halogens is 2. The van der Waals surface area contributed by atoms with Crippen LogP contribution in [0.5, 0.6) is 5.75 Å². The first-order valence-corrected chi connectivity index (χ1v) is 11.5. The number of carbonyl (C=O) groups is 2. The lowest BCUT2D eigenvalue weighted by Gasteiger charge is -2.33. The summed E-state index contributed by atoms with van der Waals surface area (Å²) in [5, 5.41) is 4.11. The highest BCUT2D eigenvalue weighted by molar-refractivity contribution is 7.17. The molecule has 0 spiro atoms. The number of hydrogen-bond acceptors (Lipinski definition) is 4. The van der Waals surface area contributed by atoms with Crippen LogP contribution in [0, 0.1) is 11.3 Å². The highest BCUT2D eigenvalue weighted by atomic mass is 35.5. The van der Waals surface area contributed by atoms with Crippen LogP contribution in [0.2, 0.25) is 10.0 Å². The number of primary amides is 1. The SMILES string of the molecule is COc1c(Cl)cc(Cl)cc1C=CC(=O)Nc1sc2c(c1C(N)=O)CCC(C(C)(C)C)C2. The molecule has 0 radical (unpaired) electrons. The van der Waals surface area contributed by atoms with Gasteiger partial charge < -0.3 is 15.8 Å². The van der Waals surface area contributed by atoms with Crippen molar-refractivity contribution >= 4 is 57.4 Å². The maximum atomic E-state index is 12.6. The molecule has 0 fully saturated rings. The summed E-state index contributed by atoms with van der Waals surface area (Å²) in [6.45, 7) is 6.69. The van der Waals surface area contributed by atoms with Crippen molar-refractivity contribution in [1.82, 2.24) is 0 Å². The van der Waals surface area contributed by atoms with E-state index in [0.717, 1.165) is 29.7 Å². The fraction of sp³-hybridized carbons (Fsp3) is 0.391. The second-order valence-electron chi connectivity index (χ2n) is 8.71. The summed E-state index contributed by atoms with van der Waals surface area (Å²) in [5.74, 6) is 0.0384. The van der Waals surface area contributed by atoms with Crippen LogP contribution in [0.4, 0.5) is 5.00 Å². The third-order valence-corrected chi connectivity index (χ3v) is 7.30. The van der Waals surface area contributed by atoms with Gasteiger partial charge in [0, 0.05) is 21.5 Å². The van der Waals surface area contributed by atoms with E-state index in [1.165, 1.54) is 24.5 Å². The second-order valence-corrected chi connectivity index (χ2v) is 10.7. The molecule has 1 aromatic carbocycles. The van der Waals surface area contributed by atoms with E-state index in [-0.39, 0.29) is 11.3 Å². The Morgan fingerprint density at radius 1 is 1.29 bits per heavy atom. The number of carbonyl (C=O) groups excluding carboxylic acids is 2. The van der Waals surface area contributed by atoms with Crippen molar-refractivity contribution in [2.24, 2.45) is 17.1 Å². The lowest BCUT2D eigenvalue weighted by Crippen LogP contribution is -2.27. The summed E-state index contributed by atoms with van der Waals surface area (Å²) in [6, 6.07) is 3.22. The highest BCUT2D eigenvalue weighted by Gasteiger charge is 2.33. The molecule has 2 amide bonds. The molecule has 1 aliphatic carbocycles. The van der Waals surface area contributed by atoms with Crippen LogP contribution in [0.25, 0.3) is 6.08 Å². The zero-order chi connectivity index (χ0) is 22.9. The van der Waals surface area contributed by atoms with Gasteiger partial charge in [-0.15, -0.1) is 11.3 Å². The normalized spacial score (nSPS) is 16.3. The summed E-state index contributed by atoms with van der Waals surface area (Å²) >= 11 is 13.6. The predicted molar refractivity (Wildman–Crippen MR) is 128 cm³/mol. The molecule has 1 unspecified atom stereocenters. The van der Waals surface area contributed by atoms with E-state index in [1.54, 1.807) is 18.2 Å². The summed E-state index contributed by atoms with van der Waals surface area (Å²) in [7, 11) is 1.49. The third-order valence-electron chi connectivity index (χ3n) is 5.63. The van der Waals surface area contributed by atoms with E-state index in [9.17, 15) is 9.59 Å². The zero-order valence-corrected chi connectivity index (χ0v) is 20.3. The monoisotopic (exact) mass is 480 g/mol. The number of ether oxygens (including phenoxy) is 1. The smallest absolute Gasteiger partial charge is 0.251 e. The van der Waals surface area contributed by atoms with Crippen molar-refractivity contribution in [3.8, 4) is 5.75 Å². The van der Waals surface area contributed by atoms with E-state index >= 15 is 0 Å². The van der Waals surface area contributed by atoms with Crippen LogP contribution in [-0.4, -0.2) is 18.9 Å². The summed E-state index contributed by atoms with van der Waals surface area (Å²) in [6.07, 6.45) is 5.59. The van der Waals surface area contributed by atoms with E-state index in [2.05, 4.69) is 26.1 Å². The van der Waals surface area contributed by atoms with Gasteiger partial charge in [0.05, 0.1) is 17.7 Å².